The molecule has 0 amide bonds. The van der Waals surface area contributed by atoms with Crippen molar-refractivity contribution in [1.82, 2.24) is 10.2 Å². The lowest BCUT2D eigenvalue weighted by Gasteiger charge is -2.59. The molecule has 1 aromatic rings. The molecular formula is C13H21N3OS. The van der Waals surface area contributed by atoms with Crippen LogP contribution in [-0.4, -0.2) is 29.0 Å². The van der Waals surface area contributed by atoms with Gasteiger partial charge in [0, 0.05) is 24.0 Å². The Bertz CT molecular complexity index is 432. The van der Waals surface area contributed by atoms with E-state index in [9.17, 15) is 0 Å². The number of rotatable bonds is 3. The summed E-state index contributed by atoms with van der Waals surface area (Å²) in [5.74, 6) is 0.641. The summed E-state index contributed by atoms with van der Waals surface area (Å²) in [6.07, 6.45) is 3.84. The lowest BCUT2D eigenvalue weighted by atomic mass is 9.55. The number of nitrogens with zero attached hydrogens (tertiary/aromatic N) is 2. The van der Waals surface area contributed by atoms with E-state index < -0.39 is 0 Å². The van der Waals surface area contributed by atoms with Gasteiger partial charge in [-0.3, -0.25) is 0 Å². The zero-order chi connectivity index (χ0) is 12.8. The summed E-state index contributed by atoms with van der Waals surface area (Å²) in [6, 6.07) is 0.473. The first kappa shape index (κ1) is 12.4. The molecule has 3 atom stereocenters. The summed E-state index contributed by atoms with van der Waals surface area (Å²) in [7, 11) is 0. The fourth-order valence-electron chi connectivity index (χ4n) is 3.40. The van der Waals surface area contributed by atoms with Crippen molar-refractivity contribution in [1.29, 1.82) is 0 Å². The zero-order valence-electron chi connectivity index (χ0n) is 11.3. The van der Waals surface area contributed by atoms with Crippen LogP contribution in [0.3, 0.4) is 0 Å². The lowest BCUT2D eigenvalue weighted by molar-refractivity contribution is -0.177. The summed E-state index contributed by atoms with van der Waals surface area (Å²) in [5, 5.41) is 14.1. The van der Waals surface area contributed by atoms with E-state index in [4.69, 9.17) is 4.74 Å². The molecule has 1 N–H and O–H groups in total. The summed E-state index contributed by atoms with van der Waals surface area (Å²) in [4.78, 5) is 0. The van der Waals surface area contributed by atoms with Crippen molar-refractivity contribution < 1.29 is 4.74 Å². The highest BCUT2D eigenvalue weighted by Gasteiger charge is 2.58. The second-order valence-corrected chi connectivity index (χ2v) is 6.96. The number of hydrogen-bond donors (Lipinski definition) is 1. The first-order chi connectivity index (χ1) is 8.63. The van der Waals surface area contributed by atoms with Crippen LogP contribution >= 0.6 is 11.3 Å². The molecule has 100 valence electrons. The van der Waals surface area contributed by atoms with E-state index in [2.05, 4.69) is 36.3 Å². The number of nitrogens with one attached hydrogen (secondary N) is 1. The monoisotopic (exact) mass is 267 g/mol. The number of aromatic nitrogens is 2. The van der Waals surface area contributed by atoms with Gasteiger partial charge in [0.2, 0.25) is 5.13 Å². The SMILES string of the molecule is CCc1nnc(NC2C3CCCOC3C2(C)C)s1. The van der Waals surface area contributed by atoms with Gasteiger partial charge < -0.3 is 10.1 Å². The molecule has 1 aliphatic carbocycles. The van der Waals surface area contributed by atoms with Gasteiger partial charge in [0.15, 0.2) is 0 Å². The van der Waals surface area contributed by atoms with Crippen LogP contribution in [0.4, 0.5) is 5.13 Å². The first-order valence-electron chi connectivity index (χ1n) is 6.83. The fourth-order valence-corrected chi connectivity index (χ4v) is 4.12. The summed E-state index contributed by atoms with van der Waals surface area (Å²) >= 11 is 1.68. The molecule has 0 aromatic carbocycles. The molecular weight excluding hydrogens is 246 g/mol. The maximum absolute atomic E-state index is 5.91. The molecule has 3 unspecified atom stereocenters. The van der Waals surface area contributed by atoms with Crippen LogP contribution in [0.2, 0.25) is 0 Å². The van der Waals surface area contributed by atoms with Crippen LogP contribution < -0.4 is 5.32 Å². The van der Waals surface area contributed by atoms with Crippen LogP contribution in [0, 0.1) is 11.3 Å². The average Bonchev–Trinajstić information content (AvgIpc) is 2.84. The van der Waals surface area contributed by atoms with E-state index in [0.29, 0.717) is 18.1 Å². The number of fused-ring (bicyclic) bond motifs is 1. The third-order valence-electron chi connectivity index (χ3n) is 4.38. The smallest absolute Gasteiger partial charge is 0.205 e. The van der Waals surface area contributed by atoms with Gasteiger partial charge in [-0.05, 0) is 19.3 Å². The molecule has 0 spiro atoms. The number of aryl methyl sites for hydroxylation is 1. The molecule has 2 aliphatic rings. The molecule has 5 heteroatoms. The van der Waals surface area contributed by atoms with Gasteiger partial charge in [-0.15, -0.1) is 10.2 Å². The van der Waals surface area contributed by atoms with Crippen molar-refractivity contribution in [2.24, 2.45) is 11.3 Å². The molecule has 0 bridgehead atoms. The average molecular weight is 267 g/mol. The summed E-state index contributed by atoms with van der Waals surface area (Å²) < 4.78 is 5.91. The van der Waals surface area contributed by atoms with Crippen molar-refractivity contribution in [3.8, 4) is 0 Å². The standard InChI is InChI=1S/C13H21N3OS/c1-4-9-15-16-12(18-9)14-10-8-6-5-7-17-11(8)13(10,2)3/h8,10-11H,4-7H2,1-3H3,(H,14,16). The highest BCUT2D eigenvalue weighted by Crippen LogP contribution is 2.52. The minimum absolute atomic E-state index is 0.198. The van der Waals surface area contributed by atoms with Gasteiger partial charge in [-0.25, -0.2) is 0 Å². The predicted molar refractivity (Wildman–Crippen MR) is 72.9 cm³/mol. The minimum atomic E-state index is 0.198. The van der Waals surface area contributed by atoms with Crippen LogP contribution in [0.15, 0.2) is 0 Å². The molecule has 1 aromatic heterocycles. The Balaban J connectivity index is 1.72. The Labute approximate surface area is 112 Å². The first-order valence-corrected chi connectivity index (χ1v) is 7.65. The number of anilines is 1. The maximum Gasteiger partial charge on any atom is 0.205 e. The van der Waals surface area contributed by atoms with Crippen molar-refractivity contribution in [3.05, 3.63) is 5.01 Å². The molecule has 1 saturated heterocycles. The molecule has 4 nitrogen and oxygen atoms in total. The Hall–Kier alpha value is -0.680. The van der Waals surface area contributed by atoms with E-state index in [-0.39, 0.29) is 5.41 Å². The Morgan fingerprint density at radius 1 is 1.44 bits per heavy atom. The van der Waals surface area contributed by atoms with Gasteiger partial charge in [0.25, 0.3) is 0 Å². The van der Waals surface area contributed by atoms with E-state index >= 15 is 0 Å². The van der Waals surface area contributed by atoms with Gasteiger partial charge >= 0.3 is 0 Å². The summed E-state index contributed by atoms with van der Waals surface area (Å²) in [6.45, 7) is 7.62. The number of hydrogen-bond acceptors (Lipinski definition) is 5. The number of ether oxygens (including phenoxy) is 1. The quantitative estimate of drug-likeness (QED) is 0.914. The molecule has 1 saturated carbocycles. The van der Waals surface area contributed by atoms with Crippen LogP contribution in [0.1, 0.15) is 38.6 Å². The topological polar surface area (TPSA) is 47.0 Å². The normalized spacial score (nSPS) is 33.6. The Kier molecular flexibility index (Phi) is 3.06. The van der Waals surface area contributed by atoms with Crippen molar-refractivity contribution >= 4 is 16.5 Å². The van der Waals surface area contributed by atoms with Crippen molar-refractivity contribution in [2.45, 2.75) is 52.2 Å². The van der Waals surface area contributed by atoms with Crippen molar-refractivity contribution in [3.63, 3.8) is 0 Å². The van der Waals surface area contributed by atoms with Crippen LogP contribution in [0.5, 0.6) is 0 Å². The van der Waals surface area contributed by atoms with E-state index in [1.165, 1.54) is 12.8 Å². The zero-order valence-corrected chi connectivity index (χ0v) is 12.1. The van der Waals surface area contributed by atoms with Gasteiger partial charge in [-0.1, -0.05) is 32.1 Å². The molecule has 1 aliphatic heterocycles. The van der Waals surface area contributed by atoms with E-state index in [0.717, 1.165) is 23.2 Å². The Morgan fingerprint density at radius 3 is 3.00 bits per heavy atom. The molecule has 3 rings (SSSR count). The van der Waals surface area contributed by atoms with Crippen LogP contribution in [0.25, 0.3) is 0 Å². The minimum Gasteiger partial charge on any atom is -0.377 e. The van der Waals surface area contributed by atoms with Gasteiger partial charge in [0.05, 0.1) is 6.10 Å². The fraction of sp³-hybridized carbons (Fsp3) is 0.846. The van der Waals surface area contributed by atoms with E-state index in [1.54, 1.807) is 11.3 Å². The Morgan fingerprint density at radius 2 is 2.28 bits per heavy atom. The van der Waals surface area contributed by atoms with Gasteiger partial charge in [0.1, 0.15) is 5.01 Å². The van der Waals surface area contributed by atoms with E-state index in [1.807, 2.05) is 0 Å². The second kappa shape index (κ2) is 4.46. The molecule has 0 radical (unpaired) electrons. The summed E-state index contributed by atoms with van der Waals surface area (Å²) in [5.41, 5.74) is 0.198. The van der Waals surface area contributed by atoms with Crippen LogP contribution in [-0.2, 0) is 11.2 Å². The molecule has 2 heterocycles. The maximum atomic E-state index is 5.91. The third-order valence-corrected chi connectivity index (χ3v) is 5.38. The highest BCUT2D eigenvalue weighted by molar-refractivity contribution is 7.15. The molecule has 18 heavy (non-hydrogen) atoms. The van der Waals surface area contributed by atoms with Gasteiger partial charge in [-0.2, -0.15) is 0 Å². The third kappa shape index (κ3) is 1.84. The molecule has 2 fully saturated rings. The lowest BCUT2D eigenvalue weighted by Crippen LogP contribution is -2.67. The highest BCUT2D eigenvalue weighted by atomic mass is 32.1. The van der Waals surface area contributed by atoms with Crippen molar-refractivity contribution in [2.75, 3.05) is 11.9 Å². The second-order valence-electron chi connectivity index (χ2n) is 5.90. The predicted octanol–water partition coefficient (Wildman–Crippen LogP) is 2.72. The largest absolute Gasteiger partial charge is 0.377 e.